The molecule has 10 rings (SSSR count). The first-order chi connectivity index (χ1) is 31.1. The zero-order valence-corrected chi connectivity index (χ0v) is 22.7. The highest BCUT2D eigenvalue weighted by atomic mass is 15.1. The Morgan fingerprint density at radius 3 is 1.49 bits per heavy atom. The number of aromatic nitrogens is 4. The van der Waals surface area contributed by atoms with E-state index in [1.54, 1.807) is 30.3 Å². The third kappa shape index (κ3) is 3.39. The molecule has 0 aliphatic heterocycles. The molecule has 4 nitrogen and oxygen atoms in total. The smallest absolute Gasteiger partial charge is 0.138 e. The summed E-state index contributed by atoms with van der Waals surface area (Å²) in [7, 11) is 0. The number of pyridine rings is 1. The van der Waals surface area contributed by atoms with E-state index in [1.165, 1.54) is 4.57 Å². The molecule has 0 spiro atoms. The Labute approximate surface area is 288 Å². The lowest BCUT2D eigenvalue weighted by Gasteiger charge is -2.11. The number of nitrogens with zero attached hydrogens (tertiary/aromatic N) is 4. The minimum atomic E-state index is -0.839. The van der Waals surface area contributed by atoms with Gasteiger partial charge in [0.05, 0.1) is 68.1 Å². The van der Waals surface area contributed by atoms with E-state index in [2.05, 4.69) is 4.98 Å². The van der Waals surface area contributed by atoms with Crippen molar-refractivity contribution in [2.45, 2.75) is 0 Å². The minimum absolute atomic E-state index is 0.132. The van der Waals surface area contributed by atoms with E-state index in [9.17, 15) is 9.60 Å². The zero-order chi connectivity index (χ0) is 47.8. The maximum Gasteiger partial charge on any atom is 0.138 e. The van der Waals surface area contributed by atoms with E-state index in [4.69, 9.17) is 19.2 Å². The van der Waals surface area contributed by atoms with Gasteiger partial charge in [0.1, 0.15) is 5.82 Å². The van der Waals surface area contributed by atoms with Gasteiger partial charge in [-0.05, 0) is 54.4 Å². The molecule has 0 bridgehead atoms. The van der Waals surface area contributed by atoms with E-state index in [1.807, 2.05) is 0 Å². The maximum absolute atomic E-state index is 9.89. The summed E-state index contributed by atoms with van der Waals surface area (Å²) in [5.41, 5.74) is -2.46. The van der Waals surface area contributed by atoms with Crippen molar-refractivity contribution in [3.63, 3.8) is 0 Å². The lowest BCUT2D eigenvalue weighted by molar-refractivity contribution is 1.08. The molecule has 45 heavy (non-hydrogen) atoms. The summed E-state index contributed by atoms with van der Waals surface area (Å²) in [6.45, 7) is 0. The zero-order valence-electron chi connectivity index (χ0n) is 43.7. The first-order valence-corrected chi connectivity index (χ1v) is 13.6. The van der Waals surface area contributed by atoms with Gasteiger partial charge in [-0.1, -0.05) is 96.8 Å². The first kappa shape index (κ1) is 11.8. The van der Waals surface area contributed by atoms with Gasteiger partial charge in [0.15, 0.2) is 0 Å². The van der Waals surface area contributed by atoms with Gasteiger partial charge in [-0.25, -0.2) is 4.98 Å². The second kappa shape index (κ2) is 9.18. The van der Waals surface area contributed by atoms with Crippen LogP contribution in [0.15, 0.2) is 157 Å². The van der Waals surface area contributed by atoms with Crippen LogP contribution in [0.1, 0.15) is 28.8 Å². The molecule has 0 aliphatic rings. The molecule has 0 amide bonds. The summed E-state index contributed by atoms with van der Waals surface area (Å²) >= 11 is 0. The van der Waals surface area contributed by atoms with Crippen molar-refractivity contribution in [1.29, 1.82) is 0 Å². The highest BCUT2D eigenvalue weighted by molar-refractivity contribution is 6.13. The van der Waals surface area contributed by atoms with Crippen LogP contribution in [0.3, 0.4) is 0 Å². The van der Waals surface area contributed by atoms with Crippen molar-refractivity contribution in [3.8, 4) is 17.2 Å². The Hall–Kier alpha value is -6.13. The number of para-hydroxylation sites is 5. The molecule has 0 aliphatic carbocycles. The average molecular weight is 596 g/mol. The quantitative estimate of drug-likeness (QED) is 0.200. The molecular formula is C41H26N4. The summed E-state index contributed by atoms with van der Waals surface area (Å²) in [5, 5.41) is -1.98. The fraction of sp³-hybridized carbons (Fsp3) is 0. The molecule has 0 saturated carbocycles. The monoisotopic (exact) mass is 595 g/mol. The molecule has 4 aromatic heterocycles. The van der Waals surface area contributed by atoms with Crippen molar-refractivity contribution in [1.82, 2.24) is 18.7 Å². The maximum atomic E-state index is 9.89. The SMILES string of the molecule is [2H]c1c([2H])c([2H])c2c(c1[2H])c1c([2H])c([2H])c(-n3c4c([2H])nc(-n5c6c([2H])c([2H])c([2H])c([2H])c6c6c([2H])c([2H])c([2H])c([2H])c65)c([2H])c4c4c([2H])c([2H])c([2H])c([2H])c43)c([2H])c1n2-c1ccccc1. The standard InChI is InChI=1S/C41H26N4/c1-2-12-27(13-3-1)43-35-18-8-4-16-31(35)33-23-22-28(24-39(33)43)44-36-19-9-7-17-32(36)34-25-41(42-26-40(34)44)45-37-20-10-5-14-29(37)30-15-6-11-21-38(30)45/h1-26H/i4D,5D,6D,7D,8D,9D,10D,11D,14D,15D,16D,17D,18D,19D,20D,21D,22D,23D,24D,25D,26D. The lowest BCUT2D eigenvalue weighted by Crippen LogP contribution is -1.99. The van der Waals surface area contributed by atoms with Crippen molar-refractivity contribution in [2.24, 2.45) is 0 Å². The van der Waals surface area contributed by atoms with Crippen LogP contribution in [-0.4, -0.2) is 18.7 Å². The van der Waals surface area contributed by atoms with Gasteiger partial charge < -0.3 is 9.13 Å². The second-order valence-electron chi connectivity index (χ2n) is 10.1. The number of rotatable bonds is 3. The van der Waals surface area contributed by atoms with E-state index < -0.39 is 171 Å². The summed E-state index contributed by atoms with van der Waals surface area (Å²) in [4.78, 5) is 4.40. The van der Waals surface area contributed by atoms with Gasteiger partial charge >= 0.3 is 0 Å². The van der Waals surface area contributed by atoms with Gasteiger partial charge in [-0.3, -0.25) is 4.57 Å². The van der Waals surface area contributed by atoms with Gasteiger partial charge in [0.25, 0.3) is 0 Å². The molecular weight excluding hydrogens is 548 g/mol. The topological polar surface area (TPSA) is 27.7 Å². The lowest BCUT2D eigenvalue weighted by atomic mass is 10.1. The normalized spacial score (nSPS) is 18.5. The van der Waals surface area contributed by atoms with Gasteiger partial charge in [0.2, 0.25) is 0 Å². The van der Waals surface area contributed by atoms with Crippen LogP contribution < -0.4 is 0 Å². The number of hydrogen-bond acceptors (Lipinski definition) is 1. The Morgan fingerprint density at radius 1 is 0.400 bits per heavy atom. The predicted octanol–water partition coefficient (Wildman–Crippen LogP) is 10.4. The summed E-state index contributed by atoms with van der Waals surface area (Å²) < 4.78 is 192. The molecule has 4 heterocycles. The molecule has 4 heteroatoms. The van der Waals surface area contributed by atoms with E-state index in [0.717, 1.165) is 9.13 Å². The van der Waals surface area contributed by atoms with Gasteiger partial charge in [-0.15, -0.1) is 0 Å². The molecule has 0 radical (unpaired) electrons. The van der Waals surface area contributed by atoms with Crippen LogP contribution in [0.2, 0.25) is 0 Å². The Kier molecular flexibility index (Phi) is 2.40. The van der Waals surface area contributed by atoms with E-state index in [0.29, 0.717) is 0 Å². The molecule has 0 atom stereocenters. The molecule has 210 valence electrons. The summed E-state index contributed by atoms with van der Waals surface area (Å²) in [6.07, 6.45) is -0.839. The third-order valence-corrected chi connectivity index (χ3v) is 7.73. The van der Waals surface area contributed by atoms with E-state index in [-0.39, 0.29) is 38.3 Å². The summed E-state index contributed by atoms with van der Waals surface area (Å²) in [6, 6.07) is -6.01. The number of benzene rings is 6. The van der Waals surface area contributed by atoms with Crippen LogP contribution in [0.4, 0.5) is 0 Å². The van der Waals surface area contributed by atoms with Crippen LogP contribution in [0.5, 0.6) is 0 Å². The molecule has 0 unspecified atom stereocenters. The average Bonchev–Trinajstić information content (AvgIpc) is 3.98. The van der Waals surface area contributed by atoms with Crippen molar-refractivity contribution < 1.29 is 28.8 Å². The van der Waals surface area contributed by atoms with Crippen LogP contribution in [-0.2, 0) is 0 Å². The highest BCUT2D eigenvalue weighted by Gasteiger charge is 2.18. The Bertz CT molecular complexity index is 3870. The Balaban J connectivity index is 1.46. The predicted molar refractivity (Wildman–Crippen MR) is 187 cm³/mol. The fourth-order valence-electron chi connectivity index (χ4n) is 5.88. The third-order valence-electron chi connectivity index (χ3n) is 7.73. The molecule has 0 fully saturated rings. The Morgan fingerprint density at radius 2 is 0.889 bits per heavy atom. The van der Waals surface area contributed by atoms with E-state index >= 15 is 0 Å². The molecule has 6 aromatic carbocycles. The fourth-order valence-corrected chi connectivity index (χ4v) is 5.88. The number of fused-ring (bicyclic) bond motifs is 9. The largest absolute Gasteiger partial charge is 0.309 e. The number of hydrogen-bond donors (Lipinski definition) is 0. The first-order valence-electron chi connectivity index (χ1n) is 24.1. The van der Waals surface area contributed by atoms with Crippen LogP contribution in [0, 0.1) is 0 Å². The molecule has 0 N–H and O–H groups in total. The molecule has 10 aromatic rings. The van der Waals surface area contributed by atoms with Crippen molar-refractivity contribution in [2.75, 3.05) is 0 Å². The minimum Gasteiger partial charge on any atom is -0.309 e. The second-order valence-corrected chi connectivity index (χ2v) is 10.1. The van der Waals surface area contributed by atoms with Crippen molar-refractivity contribution in [3.05, 3.63) is 157 Å². The molecule has 0 saturated heterocycles. The van der Waals surface area contributed by atoms with Gasteiger partial charge in [-0.2, -0.15) is 0 Å². The highest BCUT2D eigenvalue weighted by Crippen LogP contribution is 2.38. The van der Waals surface area contributed by atoms with Crippen LogP contribution >= 0.6 is 0 Å². The van der Waals surface area contributed by atoms with Crippen molar-refractivity contribution >= 4 is 65.4 Å². The van der Waals surface area contributed by atoms with Gasteiger partial charge in [0, 0.05) is 43.7 Å². The summed E-state index contributed by atoms with van der Waals surface area (Å²) in [5.74, 6) is -0.643. The van der Waals surface area contributed by atoms with Crippen LogP contribution in [0.25, 0.3) is 82.6 Å².